The number of aryl methyl sites for hydroxylation is 3. The predicted molar refractivity (Wildman–Crippen MR) is 161 cm³/mol. The largest absolute Gasteiger partial charge is 0.365 e. The molecule has 6 rings (SSSR count). The zero-order valence-corrected chi connectivity index (χ0v) is 24.7. The van der Waals surface area contributed by atoms with Gasteiger partial charge in [0, 0.05) is 47.4 Å². The number of carbonyl (C=O) groups excluding carboxylic acids is 2. The van der Waals surface area contributed by atoms with Crippen molar-refractivity contribution in [2.45, 2.75) is 27.2 Å². The first-order valence-corrected chi connectivity index (χ1v) is 14.0. The minimum atomic E-state index is -2.86. The average Bonchev–Trinajstić information content (AvgIpc) is 3.59. The Morgan fingerprint density at radius 1 is 1.00 bits per heavy atom. The summed E-state index contributed by atoms with van der Waals surface area (Å²) < 4.78 is 31.2. The number of hydrogen-bond acceptors (Lipinski definition) is 7. The number of benzene rings is 1. The smallest absolute Gasteiger partial charge is 0.280 e. The molecule has 43 heavy (non-hydrogen) atoms. The van der Waals surface area contributed by atoms with Gasteiger partial charge in [0.25, 0.3) is 18.2 Å². The number of amides is 2. The van der Waals surface area contributed by atoms with Crippen LogP contribution < -0.4 is 11.1 Å². The molecular formula is C30H26F2N8O2S. The number of carbonyl (C=O) groups is 2. The molecule has 0 spiro atoms. The van der Waals surface area contributed by atoms with Crippen LogP contribution in [0.1, 0.15) is 49.2 Å². The number of nitrogens with zero attached hydrogens (tertiary/aromatic N) is 6. The molecule has 1 aromatic carbocycles. The van der Waals surface area contributed by atoms with Gasteiger partial charge in [-0.05, 0) is 44.5 Å². The lowest BCUT2D eigenvalue weighted by atomic mass is 10.0. The molecule has 10 nitrogen and oxygen atoms in total. The number of alkyl halides is 2. The lowest BCUT2D eigenvalue weighted by Crippen LogP contribution is -2.17. The standard InChI is InChI=1S/C30H26F2N8O2S/c1-13-23(15(3)40(5)38-13)21-11-18(16-8-6-7-9-20(16)35-21)29(42)37-25-24-17(19-12-34-39(4)14(19)2)10-22(27(31)32)36-30(24)43-26(25)28(33)41/h6-12,27H,1-5H3,(H2,33,41)(H,37,42). The zero-order chi connectivity index (χ0) is 30.7. The van der Waals surface area contributed by atoms with Crippen molar-refractivity contribution in [3.8, 4) is 22.4 Å². The van der Waals surface area contributed by atoms with Crippen molar-refractivity contribution in [1.29, 1.82) is 0 Å². The molecule has 5 aromatic heterocycles. The lowest BCUT2D eigenvalue weighted by molar-refractivity contribution is 0.100. The van der Waals surface area contributed by atoms with Crippen molar-refractivity contribution in [2.75, 3.05) is 5.32 Å². The van der Waals surface area contributed by atoms with Crippen LogP contribution in [0.4, 0.5) is 14.5 Å². The molecule has 0 bridgehead atoms. The predicted octanol–water partition coefficient (Wildman–Crippen LogP) is 5.86. The molecule has 2 amide bonds. The van der Waals surface area contributed by atoms with Crippen LogP contribution in [0.15, 0.2) is 42.6 Å². The maximum Gasteiger partial charge on any atom is 0.280 e. The Morgan fingerprint density at radius 3 is 2.37 bits per heavy atom. The number of pyridine rings is 2. The van der Waals surface area contributed by atoms with Crippen LogP contribution >= 0.6 is 11.3 Å². The molecule has 0 saturated carbocycles. The molecule has 0 radical (unpaired) electrons. The number of hydrogen-bond donors (Lipinski definition) is 2. The molecule has 5 heterocycles. The lowest BCUT2D eigenvalue weighted by Gasteiger charge is -2.13. The van der Waals surface area contributed by atoms with E-state index in [1.165, 1.54) is 6.07 Å². The summed E-state index contributed by atoms with van der Waals surface area (Å²) in [5.41, 5.74) is 10.9. The number of para-hydroxylation sites is 1. The number of nitrogens with one attached hydrogen (secondary N) is 1. The summed E-state index contributed by atoms with van der Waals surface area (Å²) in [5.74, 6) is -1.36. The molecule has 0 saturated heterocycles. The summed E-state index contributed by atoms with van der Waals surface area (Å²) in [7, 11) is 3.57. The van der Waals surface area contributed by atoms with Gasteiger partial charge in [0.05, 0.1) is 34.4 Å². The summed E-state index contributed by atoms with van der Waals surface area (Å²) in [5, 5.41) is 12.6. The second-order valence-electron chi connectivity index (χ2n) is 10.2. The first-order valence-electron chi connectivity index (χ1n) is 13.2. The molecule has 6 aromatic rings. The highest BCUT2D eigenvalue weighted by Gasteiger charge is 2.27. The quantitative estimate of drug-likeness (QED) is 0.246. The molecular weight excluding hydrogens is 574 g/mol. The van der Waals surface area contributed by atoms with Gasteiger partial charge in [-0.1, -0.05) is 18.2 Å². The van der Waals surface area contributed by atoms with E-state index in [0.29, 0.717) is 44.4 Å². The maximum absolute atomic E-state index is 14.1. The first-order chi connectivity index (χ1) is 20.5. The summed E-state index contributed by atoms with van der Waals surface area (Å²) in [4.78, 5) is 35.8. The molecule has 0 aliphatic carbocycles. The van der Waals surface area contributed by atoms with E-state index in [1.807, 2.05) is 33.0 Å². The van der Waals surface area contributed by atoms with Gasteiger partial charge in [-0.3, -0.25) is 19.0 Å². The number of nitrogens with two attached hydrogens (primary N) is 1. The monoisotopic (exact) mass is 600 g/mol. The zero-order valence-electron chi connectivity index (χ0n) is 23.9. The third-order valence-electron chi connectivity index (χ3n) is 7.62. The van der Waals surface area contributed by atoms with Crippen molar-refractivity contribution in [3.05, 3.63) is 75.8 Å². The molecule has 0 atom stereocenters. The number of aromatic nitrogens is 6. The molecule has 13 heteroatoms. The van der Waals surface area contributed by atoms with Crippen molar-refractivity contribution in [3.63, 3.8) is 0 Å². The molecule has 218 valence electrons. The van der Waals surface area contributed by atoms with E-state index in [1.54, 1.807) is 47.7 Å². The SMILES string of the molecule is Cc1nn(C)c(C)c1-c1cc(C(=O)Nc2c(C(N)=O)sc3nc(C(F)F)cc(-c4cnn(C)c4C)c23)c2ccccc2n1. The minimum Gasteiger partial charge on any atom is -0.365 e. The van der Waals surface area contributed by atoms with Crippen LogP contribution in [0, 0.1) is 20.8 Å². The highest BCUT2D eigenvalue weighted by atomic mass is 32.1. The van der Waals surface area contributed by atoms with Gasteiger partial charge in [0.15, 0.2) is 0 Å². The van der Waals surface area contributed by atoms with E-state index < -0.39 is 23.9 Å². The van der Waals surface area contributed by atoms with Crippen LogP contribution in [0.3, 0.4) is 0 Å². The van der Waals surface area contributed by atoms with Crippen molar-refractivity contribution in [2.24, 2.45) is 19.8 Å². The number of halogens is 2. The van der Waals surface area contributed by atoms with Gasteiger partial charge in [-0.25, -0.2) is 18.7 Å². The number of primary amides is 1. The van der Waals surface area contributed by atoms with E-state index in [9.17, 15) is 18.4 Å². The molecule has 3 N–H and O–H groups in total. The number of rotatable bonds is 6. The molecule has 0 fully saturated rings. The Labute approximate surface area is 248 Å². The summed E-state index contributed by atoms with van der Waals surface area (Å²) in [6.07, 6.45) is -1.31. The van der Waals surface area contributed by atoms with E-state index in [-0.39, 0.29) is 15.4 Å². The Morgan fingerprint density at radius 2 is 1.74 bits per heavy atom. The van der Waals surface area contributed by atoms with E-state index in [0.717, 1.165) is 28.3 Å². The third kappa shape index (κ3) is 4.61. The van der Waals surface area contributed by atoms with Gasteiger partial charge in [0.1, 0.15) is 15.4 Å². The highest BCUT2D eigenvalue weighted by Crippen LogP contribution is 2.43. The maximum atomic E-state index is 14.1. The van der Waals surface area contributed by atoms with E-state index >= 15 is 0 Å². The van der Waals surface area contributed by atoms with Crippen LogP contribution in [0.25, 0.3) is 43.5 Å². The molecule has 0 unspecified atom stereocenters. The third-order valence-corrected chi connectivity index (χ3v) is 8.72. The van der Waals surface area contributed by atoms with Gasteiger partial charge in [-0.2, -0.15) is 10.2 Å². The van der Waals surface area contributed by atoms with E-state index in [2.05, 4.69) is 20.5 Å². The summed E-state index contributed by atoms with van der Waals surface area (Å²) in [6, 6.07) is 10.2. The Bertz CT molecular complexity index is 2110. The highest BCUT2D eigenvalue weighted by molar-refractivity contribution is 7.21. The fourth-order valence-electron chi connectivity index (χ4n) is 5.31. The second kappa shape index (κ2) is 10.3. The van der Waals surface area contributed by atoms with Gasteiger partial charge in [-0.15, -0.1) is 11.3 Å². The fourth-order valence-corrected chi connectivity index (χ4v) is 6.33. The second-order valence-corrected chi connectivity index (χ2v) is 11.2. The van der Waals surface area contributed by atoms with Crippen LogP contribution in [0.5, 0.6) is 0 Å². The number of thiophene rings is 1. The van der Waals surface area contributed by atoms with Gasteiger partial charge < -0.3 is 11.1 Å². The van der Waals surface area contributed by atoms with E-state index in [4.69, 9.17) is 10.7 Å². The number of anilines is 1. The van der Waals surface area contributed by atoms with Crippen molar-refractivity contribution in [1.82, 2.24) is 29.5 Å². The van der Waals surface area contributed by atoms with Crippen LogP contribution in [-0.2, 0) is 14.1 Å². The van der Waals surface area contributed by atoms with Crippen molar-refractivity contribution < 1.29 is 18.4 Å². The minimum absolute atomic E-state index is 0.0115. The summed E-state index contributed by atoms with van der Waals surface area (Å²) in [6.45, 7) is 5.59. The van der Waals surface area contributed by atoms with Crippen LogP contribution in [-0.4, -0.2) is 41.3 Å². The Balaban J connectivity index is 1.58. The molecule has 0 aliphatic heterocycles. The van der Waals surface area contributed by atoms with Gasteiger partial charge in [0.2, 0.25) is 0 Å². The topological polar surface area (TPSA) is 134 Å². The Kier molecular flexibility index (Phi) is 6.76. The van der Waals surface area contributed by atoms with Crippen LogP contribution in [0.2, 0.25) is 0 Å². The van der Waals surface area contributed by atoms with Crippen molar-refractivity contribution >= 4 is 50.0 Å². The Hall–Kier alpha value is -5.04. The first kappa shape index (κ1) is 28.1. The average molecular weight is 601 g/mol. The van der Waals surface area contributed by atoms with Gasteiger partial charge >= 0.3 is 0 Å². The number of fused-ring (bicyclic) bond motifs is 2. The molecule has 0 aliphatic rings. The normalized spacial score (nSPS) is 11.6. The summed E-state index contributed by atoms with van der Waals surface area (Å²) >= 11 is 0.848. The fraction of sp³-hybridized carbons (Fsp3) is 0.200.